The molecule has 0 aliphatic rings. The Balaban J connectivity index is 0. The Morgan fingerprint density at radius 2 is 1.64 bits per heavy atom. The third-order valence-electron chi connectivity index (χ3n) is 1.51. The van der Waals surface area contributed by atoms with E-state index in [1.165, 1.54) is 38.5 Å². The average molecular weight is 221 g/mol. The van der Waals surface area contributed by atoms with E-state index in [2.05, 4.69) is 13.5 Å². The van der Waals surface area contributed by atoms with Crippen LogP contribution in [0.1, 0.15) is 45.4 Å². The molecule has 0 unspecified atom stereocenters. The van der Waals surface area contributed by atoms with Gasteiger partial charge in [-0.05, 0) is 12.8 Å². The van der Waals surface area contributed by atoms with Crippen molar-refractivity contribution in [1.29, 1.82) is 0 Å². The monoisotopic (exact) mass is 221 g/mol. The Morgan fingerprint density at radius 1 is 1.21 bits per heavy atom. The van der Waals surface area contributed by atoms with E-state index in [-0.39, 0.29) is 0 Å². The SMILES string of the molecule is C=CCCCCCCC.CS(=O)(=O)[O-]. The molecule has 0 rings (SSSR count). The smallest absolute Gasteiger partial charge is 0.0916 e. The molecule has 86 valence electrons. The first-order valence-corrected chi connectivity index (χ1v) is 6.75. The molecule has 0 aromatic heterocycles. The topological polar surface area (TPSA) is 57.2 Å². The second kappa shape index (κ2) is 10.7. The molecule has 0 bridgehead atoms. The van der Waals surface area contributed by atoms with Crippen molar-refractivity contribution in [3.8, 4) is 0 Å². The molecule has 0 aromatic carbocycles. The number of allylic oxidation sites excluding steroid dienone is 1. The predicted octanol–water partition coefficient (Wildman–Crippen LogP) is 2.69. The Kier molecular flexibility index (Phi) is 12.3. The van der Waals surface area contributed by atoms with Crippen LogP contribution in [0.4, 0.5) is 0 Å². The van der Waals surface area contributed by atoms with Crippen molar-refractivity contribution in [3.05, 3.63) is 12.7 Å². The van der Waals surface area contributed by atoms with E-state index >= 15 is 0 Å². The molecule has 0 atom stereocenters. The van der Waals surface area contributed by atoms with Crippen molar-refractivity contribution in [3.63, 3.8) is 0 Å². The summed E-state index contributed by atoms with van der Waals surface area (Å²) in [6, 6.07) is 0. The zero-order valence-corrected chi connectivity index (χ0v) is 9.98. The minimum Gasteiger partial charge on any atom is -0.748 e. The summed E-state index contributed by atoms with van der Waals surface area (Å²) in [6.07, 6.45) is 10.7. The summed E-state index contributed by atoms with van der Waals surface area (Å²) >= 11 is 0. The summed E-state index contributed by atoms with van der Waals surface area (Å²) in [5.74, 6) is 0. The molecule has 0 heterocycles. The summed E-state index contributed by atoms with van der Waals surface area (Å²) in [5.41, 5.74) is 0. The van der Waals surface area contributed by atoms with Gasteiger partial charge in [-0.2, -0.15) is 0 Å². The minimum atomic E-state index is -3.92. The van der Waals surface area contributed by atoms with E-state index in [1.54, 1.807) is 0 Å². The van der Waals surface area contributed by atoms with Gasteiger partial charge in [0, 0.05) is 6.26 Å². The second-order valence-electron chi connectivity index (χ2n) is 3.20. The molecule has 14 heavy (non-hydrogen) atoms. The van der Waals surface area contributed by atoms with Crippen LogP contribution in [0.25, 0.3) is 0 Å². The summed E-state index contributed by atoms with van der Waals surface area (Å²) in [4.78, 5) is 0. The van der Waals surface area contributed by atoms with Gasteiger partial charge < -0.3 is 4.55 Å². The second-order valence-corrected chi connectivity index (χ2v) is 4.60. The van der Waals surface area contributed by atoms with Crippen LogP contribution in [0.15, 0.2) is 12.7 Å². The Bertz CT molecular complexity index is 199. The summed E-state index contributed by atoms with van der Waals surface area (Å²) in [7, 11) is -3.92. The number of hydrogen-bond donors (Lipinski definition) is 0. The molecule has 0 fully saturated rings. The first-order valence-electron chi connectivity index (χ1n) is 4.93. The molecular formula is C10H21O3S-. The van der Waals surface area contributed by atoms with Crippen LogP contribution in [0, 0.1) is 0 Å². The standard InChI is InChI=1S/C9H18.CH4O3S/c1-3-5-7-9-8-6-4-2;1-5(2,3)4/h3H,1,4-9H2,2H3;1H3,(H,2,3,4)/p-1. The van der Waals surface area contributed by atoms with Crippen molar-refractivity contribution in [2.24, 2.45) is 0 Å². The van der Waals surface area contributed by atoms with Crippen molar-refractivity contribution >= 4 is 10.1 Å². The molecular weight excluding hydrogens is 200 g/mol. The van der Waals surface area contributed by atoms with Crippen LogP contribution in [0.5, 0.6) is 0 Å². The molecule has 0 saturated heterocycles. The van der Waals surface area contributed by atoms with E-state index in [1.807, 2.05) is 6.08 Å². The van der Waals surface area contributed by atoms with E-state index in [4.69, 9.17) is 13.0 Å². The van der Waals surface area contributed by atoms with Gasteiger partial charge in [-0.1, -0.05) is 38.7 Å². The number of unbranched alkanes of at least 4 members (excludes halogenated alkanes) is 5. The molecule has 0 radical (unpaired) electrons. The predicted molar refractivity (Wildman–Crippen MR) is 59.2 cm³/mol. The van der Waals surface area contributed by atoms with Crippen molar-refractivity contribution in [2.75, 3.05) is 6.26 Å². The molecule has 0 amide bonds. The van der Waals surface area contributed by atoms with Gasteiger partial charge in [-0.3, -0.25) is 0 Å². The van der Waals surface area contributed by atoms with Gasteiger partial charge in [-0.15, -0.1) is 6.58 Å². The fourth-order valence-corrected chi connectivity index (χ4v) is 0.892. The lowest BCUT2D eigenvalue weighted by Gasteiger charge is -1.94. The summed E-state index contributed by atoms with van der Waals surface area (Å²) in [6.45, 7) is 5.92. The van der Waals surface area contributed by atoms with Crippen LogP contribution < -0.4 is 0 Å². The summed E-state index contributed by atoms with van der Waals surface area (Å²) in [5, 5.41) is 0. The largest absolute Gasteiger partial charge is 0.748 e. The van der Waals surface area contributed by atoms with Gasteiger partial charge in [0.1, 0.15) is 0 Å². The molecule has 0 aromatic rings. The van der Waals surface area contributed by atoms with Crippen molar-refractivity contribution in [1.82, 2.24) is 0 Å². The first-order chi connectivity index (χ1) is 6.41. The van der Waals surface area contributed by atoms with Gasteiger partial charge in [0.05, 0.1) is 10.1 Å². The fraction of sp³-hybridized carbons (Fsp3) is 0.800. The highest BCUT2D eigenvalue weighted by Gasteiger charge is 1.84. The van der Waals surface area contributed by atoms with E-state index in [0.29, 0.717) is 6.26 Å². The Labute approximate surface area is 88.0 Å². The third-order valence-corrected chi connectivity index (χ3v) is 1.51. The zero-order valence-electron chi connectivity index (χ0n) is 9.16. The number of rotatable bonds is 6. The lowest BCUT2D eigenvalue weighted by Crippen LogP contribution is -1.88. The van der Waals surface area contributed by atoms with E-state index in [0.717, 1.165) is 0 Å². The van der Waals surface area contributed by atoms with Crippen LogP contribution in [0.3, 0.4) is 0 Å². The van der Waals surface area contributed by atoms with Gasteiger partial charge in [0.2, 0.25) is 0 Å². The average Bonchev–Trinajstić information content (AvgIpc) is 2.01. The molecule has 0 aliphatic carbocycles. The molecule has 4 heteroatoms. The normalized spacial score (nSPS) is 10.2. The maximum Gasteiger partial charge on any atom is 0.0916 e. The van der Waals surface area contributed by atoms with Gasteiger partial charge >= 0.3 is 0 Å². The molecule has 0 spiro atoms. The van der Waals surface area contributed by atoms with Crippen molar-refractivity contribution in [2.45, 2.75) is 45.4 Å². The highest BCUT2D eigenvalue weighted by atomic mass is 32.2. The fourth-order valence-electron chi connectivity index (χ4n) is 0.892. The molecule has 0 aliphatic heterocycles. The van der Waals surface area contributed by atoms with Crippen LogP contribution in [-0.4, -0.2) is 19.2 Å². The molecule has 0 saturated carbocycles. The van der Waals surface area contributed by atoms with E-state index in [9.17, 15) is 0 Å². The highest BCUT2D eigenvalue weighted by Crippen LogP contribution is 2.04. The lowest BCUT2D eigenvalue weighted by molar-refractivity contribution is 0.470. The quantitative estimate of drug-likeness (QED) is 0.393. The Hall–Kier alpha value is -0.350. The van der Waals surface area contributed by atoms with Crippen molar-refractivity contribution < 1.29 is 13.0 Å². The van der Waals surface area contributed by atoms with Crippen LogP contribution in [0.2, 0.25) is 0 Å². The molecule has 0 N–H and O–H groups in total. The maximum atomic E-state index is 9.08. The first kappa shape index (κ1) is 16.1. The highest BCUT2D eigenvalue weighted by molar-refractivity contribution is 7.84. The zero-order chi connectivity index (χ0) is 11.4. The third kappa shape index (κ3) is 41.4. The van der Waals surface area contributed by atoms with Gasteiger partial charge in [-0.25, -0.2) is 8.42 Å². The van der Waals surface area contributed by atoms with Gasteiger partial charge in [0.25, 0.3) is 0 Å². The molecule has 3 nitrogen and oxygen atoms in total. The summed E-state index contributed by atoms with van der Waals surface area (Å²) < 4.78 is 27.2. The lowest BCUT2D eigenvalue weighted by atomic mass is 10.1. The Morgan fingerprint density at radius 3 is 2.00 bits per heavy atom. The maximum absolute atomic E-state index is 9.08. The van der Waals surface area contributed by atoms with Crippen LogP contribution >= 0.6 is 0 Å². The van der Waals surface area contributed by atoms with E-state index < -0.39 is 10.1 Å². The number of hydrogen-bond acceptors (Lipinski definition) is 3. The van der Waals surface area contributed by atoms with Gasteiger partial charge in [0.15, 0.2) is 0 Å². The van der Waals surface area contributed by atoms with Crippen LogP contribution in [-0.2, 0) is 10.1 Å². The minimum absolute atomic E-state index is 0.604.